The Kier molecular flexibility index (Phi) is 5.65. The van der Waals surface area contributed by atoms with Crippen LogP contribution in [0.1, 0.15) is 27.9 Å². The van der Waals surface area contributed by atoms with E-state index in [1.54, 1.807) is 13.0 Å². The number of thiazole rings is 1. The average molecular weight is 330 g/mol. The molecule has 0 fully saturated rings. The van der Waals surface area contributed by atoms with Crippen molar-refractivity contribution in [2.75, 3.05) is 11.9 Å². The fourth-order valence-corrected chi connectivity index (χ4v) is 2.92. The topological polar surface area (TPSA) is 68.3 Å². The highest BCUT2D eigenvalue weighted by Crippen LogP contribution is 2.23. The molecule has 0 saturated heterocycles. The molecule has 120 valence electrons. The zero-order valence-corrected chi connectivity index (χ0v) is 13.9. The van der Waals surface area contributed by atoms with Gasteiger partial charge in [0.1, 0.15) is 5.75 Å². The van der Waals surface area contributed by atoms with Crippen LogP contribution in [-0.2, 0) is 11.2 Å². The molecule has 2 aromatic rings. The normalized spacial score (nSPS) is 10.2. The first-order chi connectivity index (χ1) is 11.0. The third-order valence-corrected chi connectivity index (χ3v) is 4.23. The lowest BCUT2D eigenvalue weighted by Crippen LogP contribution is -2.20. The lowest BCUT2D eigenvalue weighted by atomic mass is 10.1. The van der Waals surface area contributed by atoms with E-state index in [0.717, 1.165) is 5.56 Å². The molecular formula is C17H18N2O3S. The number of hydrogen-bond acceptors (Lipinski definition) is 5. The SMILES string of the molecule is C=CCc1ccccc1OCC(=O)Nc1nc(C)c(C(C)=O)s1. The maximum atomic E-state index is 12.0. The van der Waals surface area contributed by atoms with E-state index < -0.39 is 0 Å². The van der Waals surface area contributed by atoms with Gasteiger partial charge in [-0.05, 0) is 25.0 Å². The Labute approximate surface area is 139 Å². The standard InChI is InChI=1S/C17H18N2O3S/c1-4-7-13-8-5-6-9-14(13)22-10-15(21)19-17-18-11(2)16(23-17)12(3)20/h4-6,8-9H,1,7,10H2,2-3H3,(H,18,19,21). The lowest BCUT2D eigenvalue weighted by molar-refractivity contribution is -0.118. The van der Waals surface area contributed by atoms with E-state index in [2.05, 4.69) is 16.9 Å². The number of carbonyl (C=O) groups excluding carboxylic acids is 2. The lowest BCUT2D eigenvalue weighted by Gasteiger charge is -2.09. The number of rotatable bonds is 7. The Balaban J connectivity index is 1.97. The van der Waals surface area contributed by atoms with Crippen molar-refractivity contribution in [3.05, 3.63) is 53.1 Å². The highest BCUT2D eigenvalue weighted by Gasteiger charge is 2.14. The van der Waals surface area contributed by atoms with Crippen LogP contribution >= 0.6 is 11.3 Å². The number of benzene rings is 1. The molecule has 23 heavy (non-hydrogen) atoms. The van der Waals surface area contributed by atoms with Gasteiger partial charge in [-0.3, -0.25) is 14.9 Å². The van der Waals surface area contributed by atoms with Crippen LogP contribution in [0.15, 0.2) is 36.9 Å². The second kappa shape index (κ2) is 7.69. The van der Waals surface area contributed by atoms with Crippen molar-refractivity contribution in [2.45, 2.75) is 20.3 Å². The molecule has 0 atom stereocenters. The molecule has 0 radical (unpaired) electrons. The minimum Gasteiger partial charge on any atom is -0.483 e. The number of amides is 1. The van der Waals surface area contributed by atoms with Crippen LogP contribution in [0.3, 0.4) is 0 Å². The summed E-state index contributed by atoms with van der Waals surface area (Å²) in [6, 6.07) is 7.50. The van der Waals surface area contributed by atoms with Crippen molar-refractivity contribution in [3.8, 4) is 5.75 Å². The molecular weight excluding hydrogens is 312 g/mol. The predicted molar refractivity (Wildman–Crippen MR) is 91.3 cm³/mol. The minimum absolute atomic E-state index is 0.0601. The summed E-state index contributed by atoms with van der Waals surface area (Å²) in [5, 5.41) is 3.05. The number of aryl methyl sites for hydroxylation is 1. The van der Waals surface area contributed by atoms with Crippen molar-refractivity contribution in [2.24, 2.45) is 0 Å². The Morgan fingerprint density at radius 1 is 1.39 bits per heavy atom. The first kappa shape index (κ1) is 16.9. The molecule has 0 bridgehead atoms. The molecule has 1 amide bonds. The van der Waals surface area contributed by atoms with Crippen molar-refractivity contribution >= 4 is 28.2 Å². The quantitative estimate of drug-likeness (QED) is 0.624. The fraction of sp³-hybridized carbons (Fsp3) is 0.235. The maximum Gasteiger partial charge on any atom is 0.264 e. The highest BCUT2D eigenvalue weighted by atomic mass is 32.1. The van der Waals surface area contributed by atoms with Crippen LogP contribution in [0.2, 0.25) is 0 Å². The van der Waals surface area contributed by atoms with Gasteiger partial charge in [0.2, 0.25) is 0 Å². The number of carbonyl (C=O) groups is 2. The summed E-state index contributed by atoms with van der Waals surface area (Å²) >= 11 is 1.17. The third kappa shape index (κ3) is 4.50. The molecule has 6 heteroatoms. The highest BCUT2D eigenvalue weighted by molar-refractivity contribution is 7.17. The molecule has 0 aliphatic rings. The molecule has 0 spiro atoms. The molecule has 1 aromatic carbocycles. The molecule has 0 aliphatic heterocycles. The van der Waals surface area contributed by atoms with E-state index in [0.29, 0.717) is 27.9 Å². The van der Waals surface area contributed by atoms with Crippen molar-refractivity contribution in [1.29, 1.82) is 0 Å². The smallest absolute Gasteiger partial charge is 0.264 e. The summed E-state index contributed by atoms with van der Waals surface area (Å²) in [5.41, 5.74) is 1.59. The van der Waals surface area contributed by atoms with Crippen LogP contribution in [0, 0.1) is 6.92 Å². The van der Waals surface area contributed by atoms with Gasteiger partial charge in [0.15, 0.2) is 17.5 Å². The van der Waals surface area contributed by atoms with E-state index in [-0.39, 0.29) is 18.3 Å². The zero-order valence-electron chi connectivity index (χ0n) is 13.1. The second-order valence-corrected chi connectivity index (χ2v) is 5.93. The monoisotopic (exact) mass is 330 g/mol. The van der Waals surface area contributed by atoms with Crippen molar-refractivity contribution < 1.29 is 14.3 Å². The zero-order chi connectivity index (χ0) is 16.8. The van der Waals surface area contributed by atoms with E-state index in [1.165, 1.54) is 18.3 Å². The Morgan fingerprint density at radius 3 is 2.78 bits per heavy atom. The van der Waals surface area contributed by atoms with Gasteiger partial charge < -0.3 is 4.74 Å². The van der Waals surface area contributed by atoms with Gasteiger partial charge in [-0.15, -0.1) is 6.58 Å². The van der Waals surface area contributed by atoms with Crippen LogP contribution < -0.4 is 10.1 Å². The van der Waals surface area contributed by atoms with Crippen LogP contribution in [-0.4, -0.2) is 23.3 Å². The molecule has 0 saturated carbocycles. The van der Waals surface area contributed by atoms with Gasteiger partial charge in [-0.2, -0.15) is 0 Å². The molecule has 2 rings (SSSR count). The average Bonchev–Trinajstić information content (AvgIpc) is 2.87. The number of aromatic nitrogens is 1. The van der Waals surface area contributed by atoms with Crippen molar-refractivity contribution in [3.63, 3.8) is 0 Å². The number of nitrogens with zero attached hydrogens (tertiary/aromatic N) is 1. The number of Topliss-reactive ketones (excluding diaryl/α,β-unsaturated/α-hetero) is 1. The molecule has 1 N–H and O–H groups in total. The summed E-state index contributed by atoms with van der Waals surface area (Å²) in [4.78, 5) is 28.1. The van der Waals surface area contributed by atoms with Gasteiger partial charge in [0, 0.05) is 6.92 Å². The van der Waals surface area contributed by atoms with Crippen LogP contribution in [0.5, 0.6) is 5.75 Å². The fourth-order valence-electron chi connectivity index (χ4n) is 2.04. The summed E-state index contributed by atoms with van der Waals surface area (Å²) in [5.74, 6) is 0.277. The molecule has 0 aliphatic carbocycles. The van der Waals surface area contributed by atoms with E-state index in [9.17, 15) is 9.59 Å². The van der Waals surface area contributed by atoms with Gasteiger partial charge in [0.05, 0.1) is 10.6 Å². The summed E-state index contributed by atoms with van der Waals surface area (Å²) < 4.78 is 5.56. The number of hydrogen-bond donors (Lipinski definition) is 1. The van der Waals surface area contributed by atoms with E-state index >= 15 is 0 Å². The molecule has 5 nitrogen and oxygen atoms in total. The third-order valence-electron chi connectivity index (χ3n) is 3.06. The number of allylic oxidation sites excluding steroid dienone is 1. The number of nitrogens with one attached hydrogen (secondary N) is 1. The Bertz CT molecular complexity index is 737. The summed E-state index contributed by atoms with van der Waals surface area (Å²) in [6.07, 6.45) is 2.45. The Hall–Kier alpha value is -2.47. The molecule has 1 aromatic heterocycles. The second-order valence-electron chi connectivity index (χ2n) is 4.93. The minimum atomic E-state index is -0.317. The molecule has 0 unspecified atom stereocenters. The number of anilines is 1. The number of para-hydroxylation sites is 1. The predicted octanol–water partition coefficient (Wildman–Crippen LogP) is 3.40. The largest absolute Gasteiger partial charge is 0.483 e. The summed E-state index contributed by atoms with van der Waals surface area (Å²) in [6.45, 7) is 6.80. The first-order valence-corrected chi connectivity index (χ1v) is 7.92. The Morgan fingerprint density at radius 2 is 2.13 bits per heavy atom. The van der Waals surface area contributed by atoms with Gasteiger partial charge in [-0.25, -0.2) is 4.98 Å². The van der Waals surface area contributed by atoms with Gasteiger partial charge in [0.25, 0.3) is 5.91 Å². The molecule has 1 heterocycles. The number of ether oxygens (including phenoxy) is 1. The van der Waals surface area contributed by atoms with Crippen LogP contribution in [0.25, 0.3) is 0 Å². The number of ketones is 1. The van der Waals surface area contributed by atoms with Gasteiger partial charge >= 0.3 is 0 Å². The maximum absolute atomic E-state index is 12.0. The summed E-state index contributed by atoms with van der Waals surface area (Å²) in [7, 11) is 0. The van der Waals surface area contributed by atoms with E-state index in [1.807, 2.05) is 24.3 Å². The van der Waals surface area contributed by atoms with Gasteiger partial charge in [-0.1, -0.05) is 35.6 Å². The van der Waals surface area contributed by atoms with Crippen molar-refractivity contribution in [1.82, 2.24) is 4.98 Å². The van der Waals surface area contributed by atoms with Crippen LogP contribution in [0.4, 0.5) is 5.13 Å². The first-order valence-electron chi connectivity index (χ1n) is 7.11. The van der Waals surface area contributed by atoms with E-state index in [4.69, 9.17) is 4.74 Å².